The summed E-state index contributed by atoms with van der Waals surface area (Å²) in [7, 11) is 0. The van der Waals surface area contributed by atoms with E-state index in [2.05, 4.69) is 0 Å². The van der Waals surface area contributed by atoms with Crippen molar-refractivity contribution in [3.05, 3.63) is 29.3 Å². The zero-order valence-corrected chi connectivity index (χ0v) is 11.4. The predicted octanol–water partition coefficient (Wildman–Crippen LogP) is 4.00. The summed E-state index contributed by atoms with van der Waals surface area (Å²) in [5, 5.41) is 8.76. The number of halogens is 2. The molecule has 2 atom stereocenters. The van der Waals surface area contributed by atoms with E-state index in [0.717, 1.165) is 25.8 Å². The minimum absolute atomic E-state index is 0.219. The maximum absolute atomic E-state index is 14.2. The summed E-state index contributed by atoms with van der Waals surface area (Å²) in [6, 6.07) is 4.97. The van der Waals surface area contributed by atoms with Crippen molar-refractivity contribution < 1.29 is 8.78 Å². The number of piperidine rings is 1. The fourth-order valence-electron chi connectivity index (χ4n) is 3.77. The molecule has 1 saturated carbocycles. The Morgan fingerprint density at radius 2 is 1.80 bits per heavy atom. The Balaban J connectivity index is 1.95. The van der Waals surface area contributed by atoms with Crippen LogP contribution in [0.4, 0.5) is 14.5 Å². The van der Waals surface area contributed by atoms with Gasteiger partial charge in [0.05, 0.1) is 11.3 Å². The molecule has 106 valence electrons. The number of rotatable bonds is 1. The van der Waals surface area contributed by atoms with Gasteiger partial charge in [0.15, 0.2) is 11.6 Å². The third kappa shape index (κ3) is 2.15. The van der Waals surface area contributed by atoms with E-state index >= 15 is 0 Å². The quantitative estimate of drug-likeness (QED) is 0.775. The molecule has 0 spiro atoms. The molecule has 0 bridgehead atoms. The summed E-state index contributed by atoms with van der Waals surface area (Å²) >= 11 is 0. The fraction of sp³-hybridized carbons (Fsp3) is 0.562. The first-order valence-electron chi connectivity index (χ1n) is 7.37. The van der Waals surface area contributed by atoms with Gasteiger partial charge in [-0.2, -0.15) is 5.26 Å². The topological polar surface area (TPSA) is 27.0 Å². The number of benzene rings is 1. The van der Waals surface area contributed by atoms with Crippen LogP contribution < -0.4 is 4.90 Å². The molecule has 4 heteroatoms. The van der Waals surface area contributed by atoms with Gasteiger partial charge in [0.1, 0.15) is 6.07 Å². The van der Waals surface area contributed by atoms with E-state index in [1.54, 1.807) is 12.1 Å². The zero-order chi connectivity index (χ0) is 14.1. The highest BCUT2D eigenvalue weighted by Gasteiger charge is 2.34. The highest BCUT2D eigenvalue weighted by Crippen LogP contribution is 2.39. The predicted molar refractivity (Wildman–Crippen MR) is 73.4 cm³/mol. The molecular weight excluding hydrogens is 258 g/mol. The number of anilines is 1. The standard InChI is InChI=1S/C16H18F2N2/c17-15-12(10-19)7-8-14(16(15)18)20-9-3-5-11-4-1-2-6-13(11)20/h7-8,11,13H,1-6,9H2. The summed E-state index contributed by atoms with van der Waals surface area (Å²) < 4.78 is 28.0. The Hall–Kier alpha value is -1.63. The van der Waals surface area contributed by atoms with Crippen LogP contribution in [0, 0.1) is 28.9 Å². The molecule has 20 heavy (non-hydrogen) atoms. The second-order valence-electron chi connectivity index (χ2n) is 5.82. The molecule has 1 heterocycles. The largest absolute Gasteiger partial charge is 0.366 e. The highest BCUT2D eigenvalue weighted by molar-refractivity contribution is 5.53. The van der Waals surface area contributed by atoms with Gasteiger partial charge in [0.25, 0.3) is 0 Å². The van der Waals surface area contributed by atoms with Gasteiger partial charge in [-0.1, -0.05) is 12.8 Å². The number of nitrogens with zero attached hydrogens (tertiary/aromatic N) is 2. The molecule has 0 N–H and O–H groups in total. The zero-order valence-electron chi connectivity index (χ0n) is 11.4. The first kappa shape index (κ1) is 13.4. The maximum Gasteiger partial charge on any atom is 0.183 e. The molecule has 1 aliphatic heterocycles. The lowest BCUT2D eigenvalue weighted by Gasteiger charge is -2.45. The normalized spacial score (nSPS) is 25.9. The molecular formula is C16H18F2N2. The first-order valence-corrected chi connectivity index (χ1v) is 7.37. The van der Waals surface area contributed by atoms with Crippen molar-refractivity contribution in [2.45, 2.75) is 44.6 Å². The summed E-state index contributed by atoms with van der Waals surface area (Å²) in [6.45, 7) is 0.781. The monoisotopic (exact) mass is 276 g/mol. The Kier molecular flexibility index (Phi) is 3.60. The molecule has 2 fully saturated rings. The molecule has 0 amide bonds. The van der Waals surface area contributed by atoms with Crippen LogP contribution in [-0.4, -0.2) is 12.6 Å². The molecule has 1 aromatic rings. The van der Waals surface area contributed by atoms with Crippen LogP contribution in [0.5, 0.6) is 0 Å². The smallest absolute Gasteiger partial charge is 0.183 e. The van der Waals surface area contributed by atoms with Crippen molar-refractivity contribution in [1.29, 1.82) is 5.26 Å². The second kappa shape index (κ2) is 5.40. The van der Waals surface area contributed by atoms with Crippen LogP contribution in [-0.2, 0) is 0 Å². The number of nitriles is 1. The third-order valence-corrected chi connectivity index (χ3v) is 4.74. The molecule has 2 nitrogen and oxygen atoms in total. The van der Waals surface area contributed by atoms with Gasteiger partial charge in [-0.15, -0.1) is 0 Å². The molecule has 0 aromatic heterocycles. The van der Waals surface area contributed by atoms with Gasteiger partial charge in [0, 0.05) is 12.6 Å². The number of fused-ring (bicyclic) bond motifs is 1. The molecule has 2 aliphatic rings. The molecule has 1 aliphatic carbocycles. The Morgan fingerprint density at radius 1 is 1.05 bits per heavy atom. The lowest BCUT2D eigenvalue weighted by Crippen LogP contribution is -2.47. The maximum atomic E-state index is 14.2. The summed E-state index contributed by atoms with van der Waals surface area (Å²) in [5.74, 6) is -1.27. The lowest BCUT2D eigenvalue weighted by atomic mass is 9.78. The number of hydrogen-bond donors (Lipinski definition) is 0. The Labute approximate surface area is 118 Å². The second-order valence-corrected chi connectivity index (χ2v) is 5.82. The van der Waals surface area contributed by atoms with E-state index < -0.39 is 11.6 Å². The molecule has 2 unspecified atom stereocenters. The van der Waals surface area contributed by atoms with E-state index in [9.17, 15) is 8.78 Å². The van der Waals surface area contributed by atoms with E-state index in [-0.39, 0.29) is 5.56 Å². The summed E-state index contributed by atoms with van der Waals surface area (Å²) in [4.78, 5) is 2.03. The average molecular weight is 276 g/mol. The minimum Gasteiger partial charge on any atom is -0.366 e. The van der Waals surface area contributed by atoms with Crippen molar-refractivity contribution in [3.63, 3.8) is 0 Å². The van der Waals surface area contributed by atoms with E-state index in [1.807, 2.05) is 4.90 Å². The van der Waals surface area contributed by atoms with Gasteiger partial charge >= 0.3 is 0 Å². The van der Waals surface area contributed by atoms with E-state index in [0.29, 0.717) is 17.6 Å². The van der Waals surface area contributed by atoms with Crippen molar-refractivity contribution >= 4 is 5.69 Å². The number of hydrogen-bond acceptors (Lipinski definition) is 2. The average Bonchev–Trinajstić information content (AvgIpc) is 2.50. The molecule has 3 rings (SSSR count). The van der Waals surface area contributed by atoms with Gasteiger partial charge in [-0.25, -0.2) is 8.78 Å². The SMILES string of the molecule is N#Cc1ccc(N2CCCC3CCCCC32)c(F)c1F. The highest BCUT2D eigenvalue weighted by atomic mass is 19.2. The van der Waals surface area contributed by atoms with Crippen LogP contribution >= 0.6 is 0 Å². The van der Waals surface area contributed by atoms with Gasteiger partial charge < -0.3 is 4.90 Å². The van der Waals surface area contributed by atoms with Gasteiger partial charge in [-0.3, -0.25) is 0 Å². The molecule has 1 aromatic carbocycles. The van der Waals surface area contributed by atoms with Crippen LogP contribution in [0.1, 0.15) is 44.1 Å². The van der Waals surface area contributed by atoms with E-state index in [4.69, 9.17) is 5.26 Å². The fourth-order valence-corrected chi connectivity index (χ4v) is 3.77. The van der Waals surface area contributed by atoms with Crippen molar-refractivity contribution in [1.82, 2.24) is 0 Å². The van der Waals surface area contributed by atoms with Crippen molar-refractivity contribution in [3.8, 4) is 6.07 Å². The lowest BCUT2D eigenvalue weighted by molar-refractivity contribution is 0.242. The van der Waals surface area contributed by atoms with Crippen LogP contribution in [0.3, 0.4) is 0 Å². The van der Waals surface area contributed by atoms with Crippen LogP contribution in [0.15, 0.2) is 12.1 Å². The van der Waals surface area contributed by atoms with Crippen LogP contribution in [0.2, 0.25) is 0 Å². The minimum atomic E-state index is -1.01. The third-order valence-electron chi connectivity index (χ3n) is 4.74. The van der Waals surface area contributed by atoms with Crippen LogP contribution in [0.25, 0.3) is 0 Å². The first-order chi connectivity index (χ1) is 9.72. The Morgan fingerprint density at radius 3 is 2.60 bits per heavy atom. The van der Waals surface area contributed by atoms with Crippen molar-refractivity contribution in [2.24, 2.45) is 5.92 Å². The summed E-state index contributed by atoms with van der Waals surface area (Å²) in [6.07, 6.45) is 6.90. The molecule has 0 radical (unpaired) electrons. The van der Waals surface area contributed by atoms with Gasteiger partial charge in [0.2, 0.25) is 0 Å². The summed E-state index contributed by atoms with van der Waals surface area (Å²) in [5.41, 5.74) is 0.113. The van der Waals surface area contributed by atoms with Crippen molar-refractivity contribution in [2.75, 3.05) is 11.4 Å². The van der Waals surface area contributed by atoms with Gasteiger partial charge in [-0.05, 0) is 43.7 Å². The molecule has 1 saturated heterocycles. The van der Waals surface area contributed by atoms with E-state index in [1.165, 1.54) is 25.3 Å². The Bertz CT molecular complexity index is 548.